The van der Waals surface area contributed by atoms with Gasteiger partial charge in [0.2, 0.25) is 0 Å². The minimum Gasteiger partial charge on any atom is -0.506 e. The highest BCUT2D eigenvalue weighted by molar-refractivity contribution is 5.26. The summed E-state index contributed by atoms with van der Waals surface area (Å²) in [7, 11) is 0. The van der Waals surface area contributed by atoms with Crippen LogP contribution in [0.25, 0.3) is 0 Å². The molecule has 1 N–H and O–H groups in total. The Balaban J connectivity index is 0.000000407. The number of ether oxygens (including phenoxy) is 3. The zero-order valence-corrected chi connectivity index (χ0v) is 19.1. The van der Waals surface area contributed by atoms with E-state index in [1.165, 1.54) is 56.7 Å². The van der Waals surface area contributed by atoms with Crippen LogP contribution in [0.4, 0.5) is 0 Å². The van der Waals surface area contributed by atoms with Crippen LogP contribution in [0.2, 0.25) is 0 Å². The van der Waals surface area contributed by atoms with E-state index in [4.69, 9.17) is 14.2 Å². The predicted molar refractivity (Wildman–Crippen MR) is 121 cm³/mol. The Morgan fingerprint density at radius 1 is 1.19 bits per heavy atom. The first-order chi connectivity index (χ1) is 15.1. The highest BCUT2D eigenvalue weighted by Gasteiger charge is 2.53. The zero-order chi connectivity index (χ0) is 21.7. The summed E-state index contributed by atoms with van der Waals surface area (Å²) in [5.74, 6) is 2.33. The minimum atomic E-state index is 0.132. The van der Waals surface area contributed by atoms with E-state index in [2.05, 4.69) is 18.5 Å². The van der Waals surface area contributed by atoms with E-state index < -0.39 is 0 Å². The van der Waals surface area contributed by atoms with Crippen LogP contribution < -0.4 is 4.74 Å². The summed E-state index contributed by atoms with van der Waals surface area (Å²) in [4.78, 5) is 3.97. The second-order valence-corrected chi connectivity index (χ2v) is 10.0. The summed E-state index contributed by atoms with van der Waals surface area (Å²) in [6.45, 7) is 8.73. The van der Waals surface area contributed by atoms with Crippen molar-refractivity contribution in [3.05, 3.63) is 30.6 Å². The first-order valence-electron chi connectivity index (χ1n) is 12.2. The minimum absolute atomic E-state index is 0.132. The number of pyridine rings is 1. The average molecular weight is 430 g/mol. The van der Waals surface area contributed by atoms with Gasteiger partial charge in [0.15, 0.2) is 0 Å². The molecular formula is C26H39NO4. The van der Waals surface area contributed by atoms with Gasteiger partial charge in [0.1, 0.15) is 18.3 Å². The summed E-state index contributed by atoms with van der Waals surface area (Å²) >= 11 is 0. The molecule has 4 aliphatic rings. The molecule has 0 spiro atoms. The maximum Gasteiger partial charge on any atom is 0.147 e. The van der Waals surface area contributed by atoms with Crippen LogP contribution in [0.15, 0.2) is 30.6 Å². The largest absolute Gasteiger partial charge is 0.506 e. The van der Waals surface area contributed by atoms with Crippen molar-refractivity contribution < 1.29 is 19.3 Å². The van der Waals surface area contributed by atoms with Crippen LogP contribution >= 0.6 is 0 Å². The van der Waals surface area contributed by atoms with Crippen molar-refractivity contribution in [3.8, 4) is 11.5 Å². The smallest absolute Gasteiger partial charge is 0.147 e. The number of hydrogen-bond donors (Lipinski definition) is 1. The van der Waals surface area contributed by atoms with Crippen molar-refractivity contribution in [1.29, 1.82) is 0 Å². The fraction of sp³-hybridized carbons (Fsp3) is 0.731. The molecule has 0 amide bonds. The number of aromatic nitrogens is 1. The fourth-order valence-corrected chi connectivity index (χ4v) is 6.51. The summed E-state index contributed by atoms with van der Waals surface area (Å²) in [6, 6.07) is 1.61. The first kappa shape index (κ1) is 22.6. The Kier molecular flexibility index (Phi) is 7.55. The molecule has 5 atom stereocenters. The van der Waals surface area contributed by atoms with Gasteiger partial charge in [0.25, 0.3) is 0 Å². The zero-order valence-electron chi connectivity index (χ0n) is 19.1. The molecule has 5 nitrogen and oxygen atoms in total. The highest BCUT2D eigenvalue weighted by Crippen LogP contribution is 2.58. The van der Waals surface area contributed by atoms with Crippen molar-refractivity contribution in [2.75, 3.05) is 20.0 Å². The average Bonchev–Trinajstić information content (AvgIpc) is 3.36. The molecule has 5 unspecified atom stereocenters. The summed E-state index contributed by atoms with van der Waals surface area (Å²) in [5, 5.41) is 9.53. The Morgan fingerprint density at radius 2 is 1.97 bits per heavy atom. The molecule has 4 fully saturated rings. The summed E-state index contributed by atoms with van der Waals surface area (Å²) < 4.78 is 17.4. The second kappa shape index (κ2) is 10.4. The van der Waals surface area contributed by atoms with E-state index in [9.17, 15) is 5.11 Å². The molecule has 1 aromatic rings. The standard InChI is InChI=1S/C21H29NO4.C5H10/c1-14-3-4-19-17-12-24-13-26-20(17)5-7-21(19,2)18(14)6-8-25-16-9-15(23)10-22-11-16;1-2-4-5-3-1/h9-11,17-20,23H,1,3-8,12-13H2,2H3;1-5H2. The third kappa shape index (κ3) is 5.25. The summed E-state index contributed by atoms with van der Waals surface area (Å²) in [5.41, 5.74) is 1.60. The van der Waals surface area contributed by atoms with E-state index in [1.807, 2.05) is 0 Å². The molecule has 0 bridgehead atoms. The highest BCUT2D eigenvalue weighted by atomic mass is 16.7. The molecule has 0 aromatic carbocycles. The Hall–Kier alpha value is -1.59. The van der Waals surface area contributed by atoms with Crippen LogP contribution in [0, 0.1) is 23.2 Å². The molecule has 5 rings (SSSR count). The number of fused-ring (bicyclic) bond motifs is 3. The Bertz CT molecular complexity index is 726. The van der Waals surface area contributed by atoms with Crippen molar-refractivity contribution in [1.82, 2.24) is 4.98 Å². The Labute approximate surface area is 187 Å². The maximum absolute atomic E-state index is 9.53. The molecular weight excluding hydrogens is 390 g/mol. The van der Waals surface area contributed by atoms with Crippen LogP contribution in [0.5, 0.6) is 11.5 Å². The van der Waals surface area contributed by atoms with Crippen molar-refractivity contribution >= 4 is 0 Å². The molecule has 1 aliphatic heterocycles. The number of aromatic hydroxyl groups is 1. The number of allylic oxidation sites excluding steroid dienone is 1. The van der Waals surface area contributed by atoms with Crippen molar-refractivity contribution in [2.24, 2.45) is 23.2 Å². The molecule has 1 aromatic heterocycles. The van der Waals surface area contributed by atoms with Gasteiger partial charge in [-0.3, -0.25) is 4.98 Å². The molecule has 5 heteroatoms. The topological polar surface area (TPSA) is 60.8 Å². The third-order valence-electron chi connectivity index (χ3n) is 8.17. The number of hydrogen-bond acceptors (Lipinski definition) is 5. The third-order valence-corrected chi connectivity index (χ3v) is 8.17. The lowest BCUT2D eigenvalue weighted by atomic mass is 9.50. The van der Waals surface area contributed by atoms with Gasteiger partial charge in [-0.15, -0.1) is 0 Å². The van der Waals surface area contributed by atoms with E-state index in [1.54, 1.807) is 12.3 Å². The van der Waals surface area contributed by atoms with E-state index >= 15 is 0 Å². The molecule has 3 aliphatic carbocycles. The van der Waals surface area contributed by atoms with Crippen LogP contribution in [-0.4, -0.2) is 36.2 Å². The van der Waals surface area contributed by atoms with Crippen molar-refractivity contribution in [2.45, 2.75) is 77.2 Å². The number of rotatable bonds is 4. The number of nitrogens with zero attached hydrogens (tertiary/aromatic N) is 1. The lowest BCUT2D eigenvalue weighted by molar-refractivity contribution is -0.218. The van der Waals surface area contributed by atoms with Gasteiger partial charge in [0, 0.05) is 12.0 Å². The molecule has 172 valence electrons. The fourth-order valence-electron chi connectivity index (χ4n) is 6.51. The molecule has 31 heavy (non-hydrogen) atoms. The SMILES string of the molecule is C1CCCC1.C=C1CCC2C3COCOC3CCC2(C)C1CCOc1cncc(O)c1. The van der Waals surface area contributed by atoms with Gasteiger partial charge in [-0.25, -0.2) is 0 Å². The van der Waals surface area contributed by atoms with E-state index in [-0.39, 0.29) is 11.2 Å². The molecule has 2 heterocycles. The first-order valence-corrected chi connectivity index (χ1v) is 12.2. The van der Waals surface area contributed by atoms with E-state index in [0.29, 0.717) is 43.0 Å². The van der Waals surface area contributed by atoms with Gasteiger partial charge in [-0.1, -0.05) is 51.2 Å². The maximum atomic E-state index is 9.53. The molecule has 1 saturated heterocycles. The van der Waals surface area contributed by atoms with Crippen LogP contribution in [0.1, 0.15) is 71.1 Å². The predicted octanol–water partition coefficient (Wildman–Crippen LogP) is 5.88. The summed E-state index contributed by atoms with van der Waals surface area (Å²) in [6.07, 6.45) is 16.4. The Morgan fingerprint density at radius 3 is 2.71 bits per heavy atom. The lowest BCUT2D eigenvalue weighted by Crippen LogP contribution is -2.54. The molecule has 3 saturated carbocycles. The second-order valence-electron chi connectivity index (χ2n) is 10.0. The van der Waals surface area contributed by atoms with Gasteiger partial charge < -0.3 is 19.3 Å². The van der Waals surface area contributed by atoms with Crippen LogP contribution in [-0.2, 0) is 9.47 Å². The van der Waals surface area contributed by atoms with Gasteiger partial charge >= 0.3 is 0 Å². The van der Waals surface area contributed by atoms with Crippen molar-refractivity contribution in [3.63, 3.8) is 0 Å². The van der Waals surface area contributed by atoms with E-state index in [0.717, 1.165) is 25.9 Å². The van der Waals surface area contributed by atoms with Gasteiger partial charge in [0.05, 0.1) is 31.7 Å². The lowest BCUT2D eigenvalue weighted by Gasteiger charge is -2.57. The quantitative estimate of drug-likeness (QED) is 0.606. The molecule has 0 radical (unpaired) electrons. The van der Waals surface area contributed by atoms with Crippen LogP contribution in [0.3, 0.4) is 0 Å². The monoisotopic (exact) mass is 429 g/mol. The van der Waals surface area contributed by atoms with Gasteiger partial charge in [-0.2, -0.15) is 0 Å². The normalized spacial score (nSPS) is 34.8. The van der Waals surface area contributed by atoms with Gasteiger partial charge in [-0.05, 0) is 49.4 Å².